The van der Waals surface area contributed by atoms with Gasteiger partial charge in [-0.25, -0.2) is 4.39 Å². The maximum atomic E-state index is 14.3. The average molecular weight is 339 g/mol. The van der Waals surface area contributed by atoms with E-state index in [1.165, 1.54) is 18.2 Å². The lowest BCUT2D eigenvalue weighted by Gasteiger charge is -2.41. The van der Waals surface area contributed by atoms with Crippen LogP contribution in [0.2, 0.25) is 0 Å². The molecular weight excluding hydrogens is 321 g/mol. The Labute approximate surface area is 144 Å². The van der Waals surface area contributed by atoms with Crippen LogP contribution < -0.4 is 5.32 Å². The second-order valence-corrected chi connectivity index (χ2v) is 6.82. The number of fused-ring (bicyclic) bond motifs is 1. The minimum Gasteiger partial charge on any atom is -0.507 e. The van der Waals surface area contributed by atoms with E-state index in [-0.39, 0.29) is 17.4 Å². The molecule has 0 aliphatic heterocycles. The summed E-state index contributed by atoms with van der Waals surface area (Å²) in [7, 11) is 0. The van der Waals surface area contributed by atoms with Crippen LogP contribution in [0.5, 0.6) is 5.75 Å². The fraction of sp³-hybridized carbons (Fsp3) is 0.263. The quantitative estimate of drug-likeness (QED) is 0.681. The summed E-state index contributed by atoms with van der Waals surface area (Å²) in [5, 5.41) is 33.1. The van der Waals surface area contributed by atoms with Crippen molar-refractivity contribution in [2.24, 2.45) is 0 Å². The zero-order valence-electron chi connectivity index (χ0n) is 13.7. The number of aliphatic hydroxyl groups is 1. The van der Waals surface area contributed by atoms with E-state index in [0.29, 0.717) is 29.7 Å². The molecular formula is C19H18FN3O2. The number of benzene rings is 2. The smallest absolute Gasteiger partial charge is 0.156 e. The SMILES string of the molecule is C[C@]1(O)C[C@@H](Nc2nnc(-c3c(O)cccc3F)c3ccccc23)C1. The molecule has 1 aromatic heterocycles. The number of halogens is 1. The lowest BCUT2D eigenvalue weighted by atomic mass is 9.77. The molecule has 0 bridgehead atoms. The molecule has 0 spiro atoms. The van der Waals surface area contributed by atoms with Crippen molar-refractivity contribution in [2.75, 3.05) is 5.32 Å². The van der Waals surface area contributed by atoms with Crippen molar-refractivity contribution in [2.45, 2.75) is 31.4 Å². The molecule has 1 aliphatic carbocycles. The zero-order chi connectivity index (χ0) is 17.6. The van der Waals surface area contributed by atoms with Crippen LogP contribution in [0.25, 0.3) is 22.0 Å². The molecule has 1 fully saturated rings. The van der Waals surface area contributed by atoms with Gasteiger partial charge in [-0.3, -0.25) is 0 Å². The fourth-order valence-corrected chi connectivity index (χ4v) is 3.44. The minimum absolute atomic E-state index is 0.0457. The Balaban J connectivity index is 1.80. The summed E-state index contributed by atoms with van der Waals surface area (Å²) in [5.41, 5.74) is -0.290. The van der Waals surface area contributed by atoms with Crippen molar-refractivity contribution in [3.05, 3.63) is 48.3 Å². The maximum Gasteiger partial charge on any atom is 0.156 e. The lowest BCUT2D eigenvalue weighted by Crippen LogP contribution is -2.48. The van der Waals surface area contributed by atoms with Crippen molar-refractivity contribution in [1.29, 1.82) is 0 Å². The first-order chi connectivity index (χ1) is 11.9. The van der Waals surface area contributed by atoms with Gasteiger partial charge in [-0.2, -0.15) is 0 Å². The molecule has 4 rings (SSSR count). The number of phenols is 1. The standard InChI is InChI=1S/C19H18FN3O2/c1-19(25)9-11(10-19)21-18-13-6-3-2-5-12(13)17(22-23-18)16-14(20)7-4-8-15(16)24/h2-8,11,24-25H,9-10H2,1H3,(H,21,23)/t11-,19+. The maximum absolute atomic E-state index is 14.3. The van der Waals surface area contributed by atoms with E-state index in [1.807, 2.05) is 24.3 Å². The van der Waals surface area contributed by atoms with Crippen LogP contribution in [0.3, 0.4) is 0 Å². The number of hydrogen-bond acceptors (Lipinski definition) is 5. The van der Waals surface area contributed by atoms with Crippen LogP contribution in [0.15, 0.2) is 42.5 Å². The van der Waals surface area contributed by atoms with Gasteiger partial charge in [0, 0.05) is 16.8 Å². The van der Waals surface area contributed by atoms with Gasteiger partial charge in [-0.05, 0) is 31.9 Å². The first-order valence-corrected chi connectivity index (χ1v) is 8.17. The Morgan fingerprint density at radius 3 is 2.48 bits per heavy atom. The molecule has 0 amide bonds. The highest BCUT2D eigenvalue weighted by atomic mass is 19.1. The summed E-state index contributed by atoms with van der Waals surface area (Å²) >= 11 is 0. The number of hydrogen-bond donors (Lipinski definition) is 3. The van der Waals surface area contributed by atoms with E-state index in [9.17, 15) is 14.6 Å². The molecule has 6 heteroatoms. The van der Waals surface area contributed by atoms with Gasteiger partial charge in [0.05, 0.1) is 11.2 Å². The molecule has 5 nitrogen and oxygen atoms in total. The van der Waals surface area contributed by atoms with Crippen molar-refractivity contribution in [3.63, 3.8) is 0 Å². The number of rotatable bonds is 3. The Bertz CT molecular complexity index is 930. The van der Waals surface area contributed by atoms with Crippen molar-refractivity contribution in [1.82, 2.24) is 10.2 Å². The molecule has 3 aromatic rings. The van der Waals surface area contributed by atoms with Crippen LogP contribution in [0, 0.1) is 5.82 Å². The molecule has 3 N–H and O–H groups in total. The molecule has 1 saturated carbocycles. The third-order valence-electron chi connectivity index (χ3n) is 4.63. The molecule has 128 valence electrons. The first kappa shape index (κ1) is 15.8. The molecule has 25 heavy (non-hydrogen) atoms. The Hall–Kier alpha value is -2.73. The van der Waals surface area contributed by atoms with Crippen molar-refractivity contribution in [3.8, 4) is 17.0 Å². The Morgan fingerprint density at radius 1 is 1.08 bits per heavy atom. The number of nitrogens with one attached hydrogen (secondary N) is 1. The monoisotopic (exact) mass is 339 g/mol. The van der Waals surface area contributed by atoms with Crippen LogP contribution >= 0.6 is 0 Å². The molecule has 0 atom stereocenters. The predicted molar refractivity (Wildman–Crippen MR) is 93.9 cm³/mol. The molecule has 2 aromatic carbocycles. The van der Waals surface area contributed by atoms with Gasteiger partial charge in [-0.15, -0.1) is 10.2 Å². The van der Waals surface area contributed by atoms with Gasteiger partial charge in [0.15, 0.2) is 5.82 Å². The molecule has 1 heterocycles. The second kappa shape index (κ2) is 5.67. The molecule has 0 unspecified atom stereocenters. The number of nitrogens with zero attached hydrogens (tertiary/aromatic N) is 2. The van der Waals surface area contributed by atoms with Gasteiger partial charge in [-0.1, -0.05) is 30.3 Å². The normalized spacial score (nSPS) is 22.6. The highest BCUT2D eigenvalue weighted by molar-refractivity contribution is 6.01. The van der Waals surface area contributed by atoms with Crippen LogP contribution in [-0.4, -0.2) is 32.1 Å². The summed E-state index contributed by atoms with van der Waals surface area (Å²) in [5.74, 6) is -0.124. The van der Waals surface area contributed by atoms with Gasteiger partial charge in [0.2, 0.25) is 0 Å². The van der Waals surface area contributed by atoms with E-state index in [0.717, 1.165) is 5.39 Å². The third kappa shape index (κ3) is 2.78. The first-order valence-electron chi connectivity index (χ1n) is 8.17. The van der Waals surface area contributed by atoms with E-state index in [1.54, 1.807) is 6.92 Å². The molecule has 1 aliphatic rings. The number of aromatic hydroxyl groups is 1. The fourth-order valence-electron chi connectivity index (χ4n) is 3.44. The number of anilines is 1. The van der Waals surface area contributed by atoms with Crippen molar-refractivity contribution >= 4 is 16.6 Å². The summed E-state index contributed by atoms with van der Waals surface area (Å²) in [6, 6.07) is 11.7. The number of phenolic OH excluding ortho intramolecular Hbond substituents is 1. The summed E-state index contributed by atoms with van der Waals surface area (Å²) < 4.78 is 14.3. The van der Waals surface area contributed by atoms with E-state index < -0.39 is 11.4 Å². The summed E-state index contributed by atoms with van der Waals surface area (Å²) in [6.45, 7) is 1.80. The minimum atomic E-state index is -0.639. The van der Waals surface area contributed by atoms with Gasteiger partial charge in [0.1, 0.15) is 17.3 Å². The molecule has 0 radical (unpaired) electrons. The van der Waals surface area contributed by atoms with Gasteiger partial charge < -0.3 is 15.5 Å². The highest BCUT2D eigenvalue weighted by Crippen LogP contribution is 2.38. The number of aromatic nitrogens is 2. The highest BCUT2D eigenvalue weighted by Gasteiger charge is 2.38. The van der Waals surface area contributed by atoms with E-state index in [2.05, 4.69) is 15.5 Å². The Morgan fingerprint density at radius 2 is 1.80 bits per heavy atom. The van der Waals surface area contributed by atoms with E-state index >= 15 is 0 Å². The average Bonchev–Trinajstić information content (AvgIpc) is 2.54. The topological polar surface area (TPSA) is 78.3 Å². The summed E-state index contributed by atoms with van der Waals surface area (Å²) in [6.07, 6.45) is 1.28. The van der Waals surface area contributed by atoms with Gasteiger partial charge >= 0.3 is 0 Å². The Kier molecular flexibility index (Phi) is 3.58. The lowest BCUT2D eigenvalue weighted by molar-refractivity contribution is -0.0235. The molecule has 0 saturated heterocycles. The third-order valence-corrected chi connectivity index (χ3v) is 4.63. The van der Waals surface area contributed by atoms with Crippen molar-refractivity contribution < 1.29 is 14.6 Å². The van der Waals surface area contributed by atoms with Crippen LogP contribution in [-0.2, 0) is 0 Å². The van der Waals surface area contributed by atoms with Crippen LogP contribution in [0.1, 0.15) is 19.8 Å². The summed E-state index contributed by atoms with van der Waals surface area (Å²) in [4.78, 5) is 0. The van der Waals surface area contributed by atoms with E-state index in [4.69, 9.17) is 0 Å². The van der Waals surface area contributed by atoms with Crippen LogP contribution in [0.4, 0.5) is 10.2 Å². The zero-order valence-corrected chi connectivity index (χ0v) is 13.7. The largest absolute Gasteiger partial charge is 0.507 e. The predicted octanol–water partition coefficient (Wildman–Crippen LogP) is 3.47. The van der Waals surface area contributed by atoms with Gasteiger partial charge in [0.25, 0.3) is 0 Å². The second-order valence-electron chi connectivity index (χ2n) is 6.82.